The van der Waals surface area contributed by atoms with Gasteiger partial charge < -0.3 is 4.90 Å². The minimum absolute atomic E-state index is 0.0207. The SMILES string of the molecule is C=CCN(C(=O)C=C)C1CC1. The fraction of sp³-hybridized carbons (Fsp3) is 0.444. The van der Waals surface area contributed by atoms with E-state index in [0.717, 1.165) is 12.8 Å². The van der Waals surface area contributed by atoms with E-state index in [2.05, 4.69) is 13.2 Å². The van der Waals surface area contributed by atoms with Crippen LogP contribution in [0.5, 0.6) is 0 Å². The predicted molar refractivity (Wildman–Crippen MR) is 45.1 cm³/mol. The van der Waals surface area contributed by atoms with Crippen molar-refractivity contribution in [3.8, 4) is 0 Å². The van der Waals surface area contributed by atoms with E-state index in [-0.39, 0.29) is 5.91 Å². The second-order valence-electron chi connectivity index (χ2n) is 2.71. The largest absolute Gasteiger partial charge is 0.332 e. The van der Waals surface area contributed by atoms with Crippen LogP contribution in [0.15, 0.2) is 25.3 Å². The van der Waals surface area contributed by atoms with Crippen molar-refractivity contribution in [3.05, 3.63) is 25.3 Å². The standard InChI is InChI=1S/C9H13NO/c1-3-7-10(8-5-6-8)9(11)4-2/h3-4,8H,1-2,5-7H2. The van der Waals surface area contributed by atoms with Crippen LogP contribution in [0.4, 0.5) is 0 Å². The molecule has 2 nitrogen and oxygen atoms in total. The lowest BCUT2D eigenvalue weighted by Crippen LogP contribution is -2.31. The third kappa shape index (κ3) is 1.93. The fourth-order valence-electron chi connectivity index (χ4n) is 1.06. The van der Waals surface area contributed by atoms with Crippen LogP contribution in [0.3, 0.4) is 0 Å². The molecule has 11 heavy (non-hydrogen) atoms. The van der Waals surface area contributed by atoms with Crippen LogP contribution >= 0.6 is 0 Å². The minimum Gasteiger partial charge on any atom is -0.332 e. The molecular weight excluding hydrogens is 138 g/mol. The van der Waals surface area contributed by atoms with Crippen molar-refractivity contribution in [2.45, 2.75) is 18.9 Å². The zero-order valence-corrected chi connectivity index (χ0v) is 6.62. The van der Waals surface area contributed by atoms with Crippen LogP contribution < -0.4 is 0 Å². The Balaban J connectivity index is 2.49. The lowest BCUT2D eigenvalue weighted by Gasteiger charge is -2.17. The molecule has 60 valence electrons. The zero-order valence-electron chi connectivity index (χ0n) is 6.62. The van der Waals surface area contributed by atoms with Gasteiger partial charge in [0.05, 0.1) is 0 Å². The highest BCUT2D eigenvalue weighted by Crippen LogP contribution is 2.26. The highest BCUT2D eigenvalue weighted by Gasteiger charge is 2.30. The van der Waals surface area contributed by atoms with Crippen molar-refractivity contribution < 1.29 is 4.79 Å². The lowest BCUT2D eigenvalue weighted by atomic mass is 10.4. The van der Waals surface area contributed by atoms with Crippen molar-refractivity contribution in [1.82, 2.24) is 4.90 Å². The van der Waals surface area contributed by atoms with Crippen LogP contribution in [0, 0.1) is 0 Å². The molecule has 0 aromatic rings. The summed E-state index contributed by atoms with van der Waals surface area (Å²) in [7, 11) is 0. The van der Waals surface area contributed by atoms with Gasteiger partial charge in [0.15, 0.2) is 0 Å². The molecule has 0 unspecified atom stereocenters. The number of hydrogen-bond donors (Lipinski definition) is 0. The molecule has 0 N–H and O–H groups in total. The summed E-state index contributed by atoms with van der Waals surface area (Å²) in [5, 5.41) is 0. The molecule has 1 saturated carbocycles. The van der Waals surface area contributed by atoms with E-state index >= 15 is 0 Å². The van der Waals surface area contributed by atoms with Gasteiger partial charge in [-0.1, -0.05) is 12.7 Å². The topological polar surface area (TPSA) is 20.3 Å². The van der Waals surface area contributed by atoms with E-state index in [1.807, 2.05) is 0 Å². The summed E-state index contributed by atoms with van der Waals surface area (Å²) in [6, 6.07) is 0.457. The first kappa shape index (κ1) is 8.05. The number of carbonyl (C=O) groups is 1. The Morgan fingerprint density at radius 2 is 2.18 bits per heavy atom. The summed E-state index contributed by atoms with van der Waals surface area (Å²) < 4.78 is 0. The molecule has 0 saturated heterocycles. The van der Waals surface area contributed by atoms with Gasteiger partial charge in [-0.15, -0.1) is 6.58 Å². The van der Waals surface area contributed by atoms with Crippen molar-refractivity contribution in [2.24, 2.45) is 0 Å². The summed E-state index contributed by atoms with van der Waals surface area (Å²) in [6.45, 7) is 7.70. The summed E-state index contributed by atoms with van der Waals surface area (Å²) in [5.74, 6) is 0.0207. The Kier molecular flexibility index (Phi) is 2.47. The Labute approximate surface area is 67.2 Å². The molecule has 1 rings (SSSR count). The maximum atomic E-state index is 11.1. The van der Waals surface area contributed by atoms with E-state index in [1.54, 1.807) is 11.0 Å². The van der Waals surface area contributed by atoms with Gasteiger partial charge in [0, 0.05) is 12.6 Å². The number of amides is 1. The number of carbonyl (C=O) groups excluding carboxylic acids is 1. The Morgan fingerprint density at radius 1 is 1.55 bits per heavy atom. The average Bonchev–Trinajstić information content (AvgIpc) is 2.81. The zero-order chi connectivity index (χ0) is 8.27. The van der Waals surface area contributed by atoms with Gasteiger partial charge in [-0.3, -0.25) is 4.79 Å². The van der Waals surface area contributed by atoms with Gasteiger partial charge in [-0.2, -0.15) is 0 Å². The third-order valence-electron chi connectivity index (χ3n) is 1.77. The molecule has 2 heteroatoms. The molecule has 0 radical (unpaired) electrons. The van der Waals surface area contributed by atoms with Gasteiger partial charge in [0.1, 0.15) is 0 Å². The second kappa shape index (κ2) is 3.37. The second-order valence-corrected chi connectivity index (χ2v) is 2.71. The maximum Gasteiger partial charge on any atom is 0.246 e. The molecule has 0 bridgehead atoms. The van der Waals surface area contributed by atoms with Crippen LogP contribution in [0.1, 0.15) is 12.8 Å². The molecule has 0 atom stereocenters. The molecule has 1 aliphatic carbocycles. The molecule has 0 heterocycles. The van der Waals surface area contributed by atoms with E-state index in [0.29, 0.717) is 12.6 Å². The van der Waals surface area contributed by atoms with Gasteiger partial charge in [-0.05, 0) is 18.9 Å². The van der Waals surface area contributed by atoms with Crippen LogP contribution in [-0.2, 0) is 4.79 Å². The Morgan fingerprint density at radius 3 is 2.55 bits per heavy atom. The van der Waals surface area contributed by atoms with Gasteiger partial charge in [0.2, 0.25) is 5.91 Å². The number of nitrogens with zero attached hydrogens (tertiary/aromatic N) is 1. The third-order valence-corrected chi connectivity index (χ3v) is 1.77. The van der Waals surface area contributed by atoms with Crippen molar-refractivity contribution in [3.63, 3.8) is 0 Å². The van der Waals surface area contributed by atoms with Crippen molar-refractivity contribution in [2.75, 3.05) is 6.54 Å². The van der Waals surface area contributed by atoms with E-state index in [4.69, 9.17) is 0 Å². The van der Waals surface area contributed by atoms with Gasteiger partial charge in [0.25, 0.3) is 0 Å². The molecule has 0 aromatic carbocycles. The molecular formula is C9H13NO. The minimum atomic E-state index is 0.0207. The first-order valence-electron chi connectivity index (χ1n) is 3.83. The first-order chi connectivity index (χ1) is 5.29. The summed E-state index contributed by atoms with van der Waals surface area (Å²) in [4.78, 5) is 12.9. The number of hydrogen-bond acceptors (Lipinski definition) is 1. The summed E-state index contributed by atoms with van der Waals surface area (Å²) >= 11 is 0. The number of rotatable bonds is 4. The highest BCUT2D eigenvalue weighted by atomic mass is 16.2. The summed E-state index contributed by atoms with van der Waals surface area (Å²) in [5.41, 5.74) is 0. The molecule has 1 aliphatic rings. The van der Waals surface area contributed by atoms with Crippen LogP contribution in [0.2, 0.25) is 0 Å². The van der Waals surface area contributed by atoms with Gasteiger partial charge >= 0.3 is 0 Å². The summed E-state index contributed by atoms with van der Waals surface area (Å²) in [6.07, 6.45) is 5.38. The quantitative estimate of drug-likeness (QED) is 0.438. The Hall–Kier alpha value is -1.05. The van der Waals surface area contributed by atoms with Gasteiger partial charge in [-0.25, -0.2) is 0 Å². The monoisotopic (exact) mass is 151 g/mol. The fourth-order valence-corrected chi connectivity index (χ4v) is 1.06. The average molecular weight is 151 g/mol. The van der Waals surface area contributed by atoms with Crippen LogP contribution in [-0.4, -0.2) is 23.4 Å². The van der Waals surface area contributed by atoms with E-state index < -0.39 is 0 Å². The molecule has 1 fully saturated rings. The molecule has 0 spiro atoms. The van der Waals surface area contributed by atoms with Crippen LogP contribution in [0.25, 0.3) is 0 Å². The molecule has 1 amide bonds. The van der Waals surface area contributed by atoms with E-state index in [9.17, 15) is 4.79 Å². The molecule has 0 aromatic heterocycles. The van der Waals surface area contributed by atoms with Crippen molar-refractivity contribution in [1.29, 1.82) is 0 Å². The first-order valence-corrected chi connectivity index (χ1v) is 3.83. The maximum absolute atomic E-state index is 11.1. The molecule has 0 aliphatic heterocycles. The lowest BCUT2D eigenvalue weighted by molar-refractivity contribution is -0.126. The van der Waals surface area contributed by atoms with E-state index in [1.165, 1.54) is 6.08 Å². The normalized spacial score (nSPS) is 15.6. The smallest absolute Gasteiger partial charge is 0.246 e. The van der Waals surface area contributed by atoms with Crippen molar-refractivity contribution >= 4 is 5.91 Å². The highest BCUT2D eigenvalue weighted by molar-refractivity contribution is 5.87. The predicted octanol–water partition coefficient (Wildman–Crippen LogP) is 1.35. The Bertz CT molecular complexity index is 182.